The van der Waals surface area contributed by atoms with Crippen LogP contribution in [-0.2, 0) is 5.54 Å². The normalized spacial score (nSPS) is 11.4. The number of nitrogens with zero attached hydrogens (tertiary/aromatic N) is 1. The van der Waals surface area contributed by atoms with Gasteiger partial charge in [-0.25, -0.2) is 0 Å². The second kappa shape index (κ2) is 7.76. The number of para-hydroxylation sites is 2. The van der Waals surface area contributed by atoms with E-state index in [0.717, 1.165) is 29.9 Å². The van der Waals surface area contributed by atoms with Crippen LogP contribution in [0.15, 0.2) is 78.9 Å². The molecular formula is C24H28N2. The fourth-order valence-electron chi connectivity index (χ4n) is 3.46. The third-order valence-corrected chi connectivity index (χ3v) is 5.22. The van der Waals surface area contributed by atoms with Gasteiger partial charge in [-0.1, -0.05) is 62.4 Å². The van der Waals surface area contributed by atoms with Gasteiger partial charge in [-0.05, 0) is 61.2 Å². The Morgan fingerprint density at radius 2 is 1.27 bits per heavy atom. The minimum atomic E-state index is -0.342. The minimum absolute atomic E-state index is 0.342. The fraction of sp³-hybridized carbons (Fsp3) is 0.250. The molecule has 134 valence electrons. The van der Waals surface area contributed by atoms with Crippen molar-refractivity contribution in [3.8, 4) is 0 Å². The lowest BCUT2D eigenvalue weighted by molar-refractivity contribution is 0.413. The molecule has 0 aliphatic heterocycles. The summed E-state index contributed by atoms with van der Waals surface area (Å²) in [4.78, 5) is 2.31. The Kier molecular flexibility index (Phi) is 5.43. The summed E-state index contributed by atoms with van der Waals surface area (Å²) in [7, 11) is 0. The average Bonchev–Trinajstić information content (AvgIpc) is 2.69. The number of nitrogens with two attached hydrogens (primary N) is 1. The Labute approximate surface area is 157 Å². The molecule has 2 N–H and O–H groups in total. The first-order chi connectivity index (χ1) is 12.6. The lowest BCUT2D eigenvalue weighted by Gasteiger charge is -2.35. The first-order valence-corrected chi connectivity index (χ1v) is 9.39. The van der Waals surface area contributed by atoms with Crippen LogP contribution in [0.1, 0.15) is 37.8 Å². The molecule has 0 saturated heterocycles. The smallest absolute Gasteiger partial charge is 0.0514 e. The summed E-state index contributed by atoms with van der Waals surface area (Å²) in [5, 5.41) is 0. The number of rotatable bonds is 6. The molecule has 0 amide bonds. The zero-order valence-electron chi connectivity index (χ0n) is 15.9. The molecule has 0 fully saturated rings. The van der Waals surface area contributed by atoms with E-state index in [2.05, 4.69) is 105 Å². The van der Waals surface area contributed by atoms with Gasteiger partial charge in [0.25, 0.3) is 0 Å². The van der Waals surface area contributed by atoms with Crippen LogP contribution < -0.4 is 10.6 Å². The zero-order chi connectivity index (χ0) is 18.6. The van der Waals surface area contributed by atoms with Gasteiger partial charge in [0.15, 0.2) is 0 Å². The molecule has 0 heterocycles. The quantitative estimate of drug-likeness (QED) is 0.557. The van der Waals surface area contributed by atoms with E-state index in [-0.39, 0.29) is 5.54 Å². The first-order valence-electron chi connectivity index (χ1n) is 9.39. The van der Waals surface area contributed by atoms with Crippen LogP contribution in [0.3, 0.4) is 0 Å². The summed E-state index contributed by atoms with van der Waals surface area (Å²) < 4.78 is 0. The highest BCUT2D eigenvalue weighted by molar-refractivity contribution is 5.79. The van der Waals surface area contributed by atoms with Gasteiger partial charge in [0.1, 0.15) is 0 Å². The Morgan fingerprint density at radius 1 is 0.769 bits per heavy atom. The van der Waals surface area contributed by atoms with E-state index in [4.69, 9.17) is 5.73 Å². The van der Waals surface area contributed by atoms with Crippen molar-refractivity contribution in [1.82, 2.24) is 0 Å². The van der Waals surface area contributed by atoms with Crippen molar-refractivity contribution in [2.75, 3.05) is 4.90 Å². The highest BCUT2D eigenvalue weighted by atomic mass is 15.1. The van der Waals surface area contributed by atoms with Crippen LogP contribution >= 0.6 is 0 Å². The molecule has 0 bridgehead atoms. The second-order valence-corrected chi connectivity index (χ2v) is 6.89. The third-order valence-electron chi connectivity index (χ3n) is 5.22. The number of hydrogen-bond donors (Lipinski definition) is 1. The van der Waals surface area contributed by atoms with Crippen molar-refractivity contribution in [3.05, 3.63) is 90.0 Å². The van der Waals surface area contributed by atoms with Crippen LogP contribution in [0.25, 0.3) is 0 Å². The number of aryl methyl sites for hydroxylation is 1. The Bertz CT molecular complexity index is 797. The summed E-state index contributed by atoms with van der Waals surface area (Å²) in [6.45, 7) is 6.47. The Morgan fingerprint density at radius 3 is 1.73 bits per heavy atom. The molecule has 3 rings (SSSR count). The maximum atomic E-state index is 6.84. The minimum Gasteiger partial charge on any atom is -0.321 e. The van der Waals surface area contributed by atoms with Gasteiger partial charge < -0.3 is 10.6 Å². The highest BCUT2D eigenvalue weighted by Gasteiger charge is 2.28. The van der Waals surface area contributed by atoms with E-state index < -0.39 is 0 Å². The largest absolute Gasteiger partial charge is 0.321 e. The SMILES string of the molecule is CCC(N)(CC)c1ccc(C)cc1N(c1ccccc1)c1ccccc1. The van der Waals surface area contributed by atoms with Gasteiger partial charge in [0.05, 0.1) is 5.69 Å². The van der Waals surface area contributed by atoms with Crippen LogP contribution in [0.4, 0.5) is 17.1 Å². The maximum Gasteiger partial charge on any atom is 0.0514 e. The molecule has 2 nitrogen and oxygen atoms in total. The summed E-state index contributed by atoms with van der Waals surface area (Å²) in [5.41, 5.74) is 12.4. The van der Waals surface area contributed by atoms with E-state index in [1.165, 1.54) is 11.1 Å². The summed E-state index contributed by atoms with van der Waals surface area (Å²) in [6.07, 6.45) is 1.80. The molecule has 3 aromatic carbocycles. The second-order valence-electron chi connectivity index (χ2n) is 6.89. The van der Waals surface area contributed by atoms with Gasteiger partial charge in [-0.2, -0.15) is 0 Å². The van der Waals surface area contributed by atoms with Gasteiger partial charge in [0, 0.05) is 16.9 Å². The number of hydrogen-bond acceptors (Lipinski definition) is 2. The van der Waals surface area contributed by atoms with Gasteiger partial charge >= 0.3 is 0 Å². The first kappa shape index (κ1) is 18.2. The topological polar surface area (TPSA) is 29.3 Å². The molecule has 0 aliphatic carbocycles. The summed E-state index contributed by atoms with van der Waals surface area (Å²) in [6, 6.07) is 27.6. The Hall–Kier alpha value is -2.58. The molecule has 0 unspecified atom stereocenters. The monoisotopic (exact) mass is 344 g/mol. The van der Waals surface area contributed by atoms with Crippen molar-refractivity contribution in [2.24, 2.45) is 5.73 Å². The fourth-order valence-corrected chi connectivity index (χ4v) is 3.46. The van der Waals surface area contributed by atoms with Gasteiger partial charge in [0.2, 0.25) is 0 Å². The van der Waals surface area contributed by atoms with E-state index in [1.807, 2.05) is 0 Å². The number of anilines is 3. The predicted octanol–water partition coefficient (Wildman–Crippen LogP) is 6.44. The van der Waals surface area contributed by atoms with E-state index in [0.29, 0.717) is 0 Å². The molecule has 26 heavy (non-hydrogen) atoms. The molecular weight excluding hydrogens is 316 g/mol. The van der Waals surface area contributed by atoms with E-state index >= 15 is 0 Å². The lowest BCUT2D eigenvalue weighted by atomic mass is 9.83. The van der Waals surface area contributed by atoms with E-state index in [9.17, 15) is 0 Å². The number of benzene rings is 3. The molecule has 2 heteroatoms. The van der Waals surface area contributed by atoms with Crippen LogP contribution in [0, 0.1) is 6.92 Å². The molecule has 0 aliphatic rings. The molecule has 0 radical (unpaired) electrons. The standard InChI is InChI=1S/C24H28N2/c1-4-24(25,5-2)22-17-16-19(3)18-23(22)26(20-12-8-6-9-13-20)21-14-10-7-11-15-21/h6-18H,4-5,25H2,1-3H3. The third kappa shape index (κ3) is 3.51. The van der Waals surface area contributed by atoms with Crippen molar-refractivity contribution in [2.45, 2.75) is 39.2 Å². The lowest BCUT2D eigenvalue weighted by Crippen LogP contribution is -2.36. The predicted molar refractivity (Wildman–Crippen MR) is 112 cm³/mol. The Balaban J connectivity index is 2.27. The molecule has 0 atom stereocenters. The van der Waals surface area contributed by atoms with Crippen LogP contribution in [0.5, 0.6) is 0 Å². The van der Waals surface area contributed by atoms with Crippen molar-refractivity contribution < 1.29 is 0 Å². The van der Waals surface area contributed by atoms with Crippen molar-refractivity contribution in [1.29, 1.82) is 0 Å². The molecule has 0 saturated carbocycles. The summed E-state index contributed by atoms with van der Waals surface area (Å²) in [5.74, 6) is 0. The summed E-state index contributed by atoms with van der Waals surface area (Å²) >= 11 is 0. The van der Waals surface area contributed by atoms with Gasteiger partial charge in [-0.3, -0.25) is 0 Å². The molecule has 3 aromatic rings. The van der Waals surface area contributed by atoms with Crippen molar-refractivity contribution in [3.63, 3.8) is 0 Å². The average molecular weight is 345 g/mol. The van der Waals surface area contributed by atoms with Crippen LogP contribution in [0.2, 0.25) is 0 Å². The maximum absolute atomic E-state index is 6.84. The highest BCUT2D eigenvalue weighted by Crippen LogP contribution is 2.41. The van der Waals surface area contributed by atoms with Crippen LogP contribution in [-0.4, -0.2) is 0 Å². The zero-order valence-corrected chi connectivity index (χ0v) is 15.9. The van der Waals surface area contributed by atoms with Crippen molar-refractivity contribution >= 4 is 17.1 Å². The molecule has 0 aromatic heterocycles. The molecule has 0 spiro atoms. The van der Waals surface area contributed by atoms with E-state index in [1.54, 1.807) is 0 Å². The van der Waals surface area contributed by atoms with Gasteiger partial charge in [-0.15, -0.1) is 0 Å².